The number of nitrogen functional groups attached to an aromatic ring is 1. The van der Waals surface area contributed by atoms with Crippen molar-refractivity contribution in [3.8, 4) is 5.75 Å². The quantitative estimate of drug-likeness (QED) is 0.491. The van der Waals surface area contributed by atoms with Gasteiger partial charge in [0.15, 0.2) is 0 Å². The average Bonchev–Trinajstić information content (AvgIpc) is 2.71. The van der Waals surface area contributed by atoms with Crippen LogP contribution in [0.25, 0.3) is 0 Å². The molecule has 0 atom stereocenters. The highest BCUT2D eigenvalue weighted by Crippen LogP contribution is 2.42. The first kappa shape index (κ1) is 22.3. The molecule has 0 aromatic heterocycles. The van der Waals surface area contributed by atoms with Gasteiger partial charge in [-0.05, 0) is 60.9 Å². The molecular weight excluding hydrogens is 370 g/mol. The first-order valence-corrected chi connectivity index (χ1v) is 9.89. The van der Waals surface area contributed by atoms with Crippen molar-refractivity contribution in [1.82, 2.24) is 0 Å². The Balaban J connectivity index is 0.000000438. The van der Waals surface area contributed by atoms with Gasteiger partial charge < -0.3 is 20.7 Å². The van der Waals surface area contributed by atoms with Crippen LogP contribution in [-0.4, -0.2) is 28.8 Å². The van der Waals surface area contributed by atoms with Crippen LogP contribution in [0.2, 0.25) is 0 Å². The largest absolute Gasteiger partial charge is 0.494 e. The van der Waals surface area contributed by atoms with Crippen molar-refractivity contribution in [2.24, 2.45) is 5.41 Å². The molecule has 1 aliphatic carbocycles. The van der Waals surface area contributed by atoms with Crippen LogP contribution in [0.3, 0.4) is 0 Å². The first-order chi connectivity index (χ1) is 13.9. The highest BCUT2D eigenvalue weighted by atomic mass is 16.5. The van der Waals surface area contributed by atoms with Gasteiger partial charge in [-0.15, -0.1) is 0 Å². The van der Waals surface area contributed by atoms with E-state index in [1.807, 2.05) is 24.3 Å². The second-order valence-electron chi connectivity index (χ2n) is 7.50. The summed E-state index contributed by atoms with van der Waals surface area (Å²) in [6, 6.07) is 18.6. The summed E-state index contributed by atoms with van der Waals surface area (Å²) >= 11 is 0. The number of aliphatic carboxylic acids is 2. The Hall–Kier alpha value is -3.02. The zero-order valence-electron chi connectivity index (χ0n) is 16.5. The molecule has 0 radical (unpaired) electrons. The van der Waals surface area contributed by atoms with Crippen molar-refractivity contribution in [3.05, 3.63) is 60.2 Å². The fourth-order valence-corrected chi connectivity index (χ4v) is 3.80. The number of carbonyl (C=O) groups is 2. The number of anilines is 1. The molecule has 1 fully saturated rings. The third-order valence-corrected chi connectivity index (χ3v) is 5.30. The number of benzene rings is 2. The summed E-state index contributed by atoms with van der Waals surface area (Å²) in [5.74, 6) is -2.73. The van der Waals surface area contributed by atoms with Crippen LogP contribution in [0.4, 0.5) is 5.69 Å². The van der Waals surface area contributed by atoms with Crippen molar-refractivity contribution in [3.63, 3.8) is 0 Å². The SMILES string of the molecule is Nc1ccc(OCCC2(Cc3ccccc3)CCCCC2)cc1.O=C(O)C(=O)O. The lowest BCUT2D eigenvalue weighted by Crippen LogP contribution is -2.29. The van der Waals surface area contributed by atoms with Crippen molar-refractivity contribution < 1.29 is 24.5 Å². The van der Waals surface area contributed by atoms with Crippen LogP contribution in [0.15, 0.2) is 54.6 Å². The molecule has 0 saturated heterocycles. The number of ether oxygens (including phenoxy) is 1. The molecular formula is C23H29NO5. The number of carboxylic acid groups (broad SMARTS) is 2. The van der Waals surface area contributed by atoms with Crippen LogP contribution in [0.1, 0.15) is 44.1 Å². The molecule has 1 aliphatic rings. The Bertz CT molecular complexity index is 756. The molecule has 0 spiro atoms. The molecule has 2 aromatic rings. The van der Waals surface area contributed by atoms with Crippen LogP contribution in [0, 0.1) is 5.41 Å². The Morgan fingerprint density at radius 1 is 0.897 bits per heavy atom. The topological polar surface area (TPSA) is 110 Å². The number of hydrogen-bond acceptors (Lipinski definition) is 4. The van der Waals surface area contributed by atoms with E-state index in [9.17, 15) is 0 Å². The minimum absolute atomic E-state index is 0.410. The van der Waals surface area contributed by atoms with Crippen LogP contribution < -0.4 is 10.5 Å². The summed E-state index contributed by atoms with van der Waals surface area (Å²) in [5, 5.41) is 14.8. The fraction of sp³-hybridized carbons (Fsp3) is 0.391. The second kappa shape index (κ2) is 11.1. The molecule has 0 aliphatic heterocycles. The highest BCUT2D eigenvalue weighted by Gasteiger charge is 2.32. The third kappa shape index (κ3) is 7.86. The fourth-order valence-electron chi connectivity index (χ4n) is 3.80. The molecule has 156 valence electrons. The average molecular weight is 399 g/mol. The van der Waals surface area contributed by atoms with Gasteiger partial charge in [0, 0.05) is 5.69 Å². The maximum Gasteiger partial charge on any atom is 0.414 e. The van der Waals surface area contributed by atoms with E-state index in [-0.39, 0.29) is 0 Å². The molecule has 0 unspecified atom stereocenters. The van der Waals surface area contributed by atoms with Crippen molar-refractivity contribution in [2.45, 2.75) is 44.9 Å². The zero-order valence-corrected chi connectivity index (χ0v) is 16.5. The predicted octanol–water partition coefficient (Wildman–Crippen LogP) is 4.39. The van der Waals surface area contributed by atoms with Gasteiger partial charge in [-0.2, -0.15) is 0 Å². The summed E-state index contributed by atoms with van der Waals surface area (Å²) in [4.78, 5) is 18.2. The van der Waals surface area contributed by atoms with Crippen molar-refractivity contribution >= 4 is 17.6 Å². The van der Waals surface area contributed by atoms with Gasteiger partial charge in [-0.3, -0.25) is 0 Å². The van der Waals surface area contributed by atoms with E-state index in [0.29, 0.717) is 5.41 Å². The maximum atomic E-state index is 9.10. The number of nitrogens with two attached hydrogens (primary N) is 1. The number of rotatable bonds is 6. The molecule has 4 N–H and O–H groups in total. The molecule has 0 heterocycles. The summed E-state index contributed by atoms with van der Waals surface area (Å²) in [5.41, 5.74) is 8.38. The first-order valence-electron chi connectivity index (χ1n) is 9.89. The molecule has 2 aromatic carbocycles. The summed E-state index contributed by atoms with van der Waals surface area (Å²) in [7, 11) is 0. The van der Waals surface area contributed by atoms with E-state index in [2.05, 4.69) is 30.3 Å². The zero-order chi connectivity index (χ0) is 21.1. The van der Waals surface area contributed by atoms with Gasteiger partial charge >= 0.3 is 11.9 Å². The van der Waals surface area contributed by atoms with E-state index in [0.717, 1.165) is 24.5 Å². The van der Waals surface area contributed by atoms with Gasteiger partial charge in [0.1, 0.15) is 5.75 Å². The smallest absolute Gasteiger partial charge is 0.414 e. The maximum absolute atomic E-state index is 9.10. The van der Waals surface area contributed by atoms with Gasteiger partial charge in [-0.1, -0.05) is 49.6 Å². The number of hydrogen-bond donors (Lipinski definition) is 3. The Morgan fingerprint density at radius 2 is 1.48 bits per heavy atom. The standard InChI is InChI=1S/C21H27NO.C2H2O4/c22-19-9-11-20(12-10-19)23-16-15-21(13-5-2-6-14-21)17-18-7-3-1-4-8-18;3-1(4)2(5)6/h1,3-4,7-12H,2,5-6,13-17,22H2;(H,3,4)(H,5,6). The van der Waals surface area contributed by atoms with Crippen molar-refractivity contribution in [1.29, 1.82) is 0 Å². The lowest BCUT2D eigenvalue weighted by Gasteiger charge is -2.37. The minimum atomic E-state index is -1.82. The van der Waals surface area contributed by atoms with E-state index in [1.54, 1.807) is 0 Å². The third-order valence-electron chi connectivity index (χ3n) is 5.30. The molecule has 3 rings (SSSR count). The van der Waals surface area contributed by atoms with Gasteiger partial charge in [0.25, 0.3) is 0 Å². The summed E-state index contributed by atoms with van der Waals surface area (Å²) in [6.45, 7) is 0.788. The minimum Gasteiger partial charge on any atom is -0.494 e. The molecule has 6 nitrogen and oxygen atoms in total. The number of carboxylic acids is 2. The monoisotopic (exact) mass is 399 g/mol. The molecule has 0 bridgehead atoms. The summed E-state index contributed by atoms with van der Waals surface area (Å²) < 4.78 is 5.97. The Morgan fingerprint density at radius 3 is 2.03 bits per heavy atom. The Labute approximate surface area is 171 Å². The van der Waals surface area contributed by atoms with E-state index in [4.69, 9.17) is 30.3 Å². The van der Waals surface area contributed by atoms with E-state index >= 15 is 0 Å². The second-order valence-corrected chi connectivity index (χ2v) is 7.50. The summed E-state index contributed by atoms with van der Waals surface area (Å²) in [6.07, 6.45) is 9.06. The van der Waals surface area contributed by atoms with Crippen LogP contribution >= 0.6 is 0 Å². The normalized spacial score (nSPS) is 14.9. The van der Waals surface area contributed by atoms with Crippen LogP contribution in [0.5, 0.6) is 5.75 Å². The molecule has 0 amide bonds. The lowest BCUT2D eigenvalue weighted by atomic mass is 9.68. The predicted molar refractivity (Wildman–Crippen MR) is 112 cm³/mol. The van der Waals surface area contributed by atoms with Gasteiger partial charge in [0.05, 0.1) is 6.61 Å². The van der Waals surface area contributed by atoms with Gasteiger partial charge in [0.2, 0.25) is 0 Å². The molecule has 29 heavy (non-hydrogen) atoms. The van der Waals surface area contributed by atoms with E-state index in [1.165, 1.54) is 44.1 Å². The van der Waals surface area contributed by atoms with Gasteiger partial charge in [-0.25, -0.2) is 9.59 Å². The highest BCUT2D eigenvalue weighted by molar-refractivity contribution is 6.27. The Kier molecular flexibility index (Phi) is 8.52. The van der Waals surface area contributed by atoms with Crippen molar-refractivity contribution in [2.75, 3.05) is 12.3 Å². The van der Waals surface area contributed by atoms with Crippen LogP contribution in [-0.2, 0) is 16.0 Å². The molecule has 6 heteroatoms. The lowest BCUT2D eigenvalue weighted by molar-refractivity contribution is -0.159. The molecule has 1 saturated carbocycles. The van der Waals surface area contributed by atoms with E-state index < -0.39 is 11.9 Å².